The molecule has 0 aliphatic carbocycles. The first-order valence-corrected chi connectivity index (χ1v) is 5.86. The second-order valence-corrected chi connectivity index (χ2v) is 4.31. The van der Waals surface area contributed by atoms with Crippen LogP contribution in [0.4, 0.5) is 0 Å². The molecular weight excluding hydrogens is 230 g/mol. The van der Waals surface area contributed by atoms with Crippen LogP contribution in [0, 0.1) is 11.3 Å². The smallest absolute Gasteiger partial charge is 0.408 e. The summed E-state index contributed by atoms with van der Waals surface area (Å²) in [6.07, 6.45) is 1.41. The van der Waals surface area contributed by atoms with Gasteiger partial charge in [-0.2, -0.15) is 5.26 Å². The zero-order chi connectivity index (χ0) is 13.0. The third-order valence-electron chi connectivity index (χ3n) is 2.87. The average Bonchev–Trinajstić information content (AvgIpc) is 2.73. The van der Waals surface area contributed by atoms with Gasteiger partial charge >= 0.3 is 5.76 Å². The van der Waals surface area contributed by atoms with E-state index in [2.05, 4.69) is 16.0 Å². The van der Waals surface area contributed by atoms with Crippen molar-refractivity contribution in [3.8, 4) is 6.07 Å². The van der Waals surface area contributed by atoms with E-state index in [4.69, 9.17) is 9.68 Å². The van der Waals surface area contributed by atoms with Gasteiger partial charge in [-0.1, -0.05) is 6.07 Å². The summed E-state index contributed by atoms with van der Waals surface area (Å²) in [5.41, 5.74) is 2.44. The molecule has 0 aliphatic heterocycles. The van der Waals surface area contributed by atoms with Crippen molar-refractivity contribution in [2.45, 2.75) is 12.8 Å². The molecule has 5 nitrogen and oxygen atoms in total. The first-order valence-electron chi connectivity index (χ1n) is 5.86. The Labute approximate surface area is 105 Å². The van der Waals surface area contributed by atoms with E-state index in [0.29, 0.717) is 12.0 Å². The van der Waals surface area contributed by atoms with E-state index in [9.17, 15) is 4.79 Å². The molecule has 0 unspecified atom stereocenters. The number of fused-ring (bicyclic) bond motifs is 1. The van der Waals surface area contributed by atoms with Gasteiger partial charge < -0.3 is 9.32 Å². The zero-order valence-electron chi connectivity index (χ0n) is 10.3. The van der Waals surface area contributed by atoms with Crippen LogP contribution in [0.1, 0.15) is 12.0 Å². The number of nitrogens with zero attached hydrogens (tertiary/aromatic N) is 2. The van der Waals surface area contributed by atoms with Crippen molar-refractivity contribution in [2.75, 3.05) is 20.1 Å². The van der Waals surface area contributed by atoms with E-state index >= 15 is 0 Å². The summed E-state index contributed by atoms with van der Waals surface area (Å²) in [5, 5.41) is 8.50. The fraction of sp³-hybridized carbons (Fsp3) is 0.385. The molecule has 2 aromatic rings. The predicted molar refractivity (Wildman–Crippen MR) is 68.3 cm³/mol. The molecule has 0 bridgehead atoms. The standard InChI is InChI=1S/C13H15N3O2/c1-16(7-2-6-14)8-5-10-3-4-11-12(9-10)18-13(17)15-11/h3-4,9H,2,5,7-8H2,1H3,(H,15,17). The van der Waals surface area contributed by atoms with Crippen LogP contribution in [-0.2, 0) is 6.42 Å². The summed E-state index contributed by atoms with van der Waals surface area (Å²) >= 11 is 0. The minimum atomic E-state index is -0.423. The molecule has 0 atom stereocenters. The van der Waals surface area contributed by atoms with Gasteiger partial charge in [0.1, 0.15) is 0 Å². The summed E-state index contributed by atoms with van der Waals surface area (Å²) < 4.78 is 5.01. The van der Waals surface area contributed by atoms with Gasteiger partial charge in [-0.25, -0.2) is 4.79 Å². The van der Waals surface area contributed by atoms with Gasteiger partial charge in [-0.3, -0.25) is 4.98 Å². The zero-order valence-corrected chi connectivity index (χ0v) is 10.3. The van der Waals surface area contributed by atoms with E-state index in [1.807, 2.05) is 25.2 Å². The fourth-order valence-electron chi connectivity index (χ4n) is 1.82. The van der Waals surface area contributed by atoms with Gasteiger partial charge in [0.2, 0.25) is 0 Å². The van der Waals surface area contributed by atoms with E-state index in [1.165, 1.54) is 0 Å². The Balaban J connectivity index is 1.99. The normalized spacial score (nSPS) is 10.9. The molecule has 1 aromatic carbocycles. The van der Waals surface area contributed by atoms with Gasteiger partial charge in [0, 0.05) is 19.5 Å². The Morgan fingerprint density at radius 1 is 1.44 bits per heavy atom. The first kappa shape index (κ1) is 12.4. The molecule has 5 heteroatoms. The number of oxazole rings is 1. The topological polar surface area (TPSA) is 73.0 Å². The van der Waals surface area contributed by atoms with Crippen LogP contribution in [0.2, 0.25) is 0 Å². The van der Waals surface area contributed by atoms with Gasteiger partial charge in [0.15, 0.2) is 5.58 Å². The van der Waals surface area contributed by atoms with Crippen molar-refractivity contribution in [1.82, 2.24) is 9.88 Å². The molecule has 2 rings (SSSR count). The van der Waals surface area contributed by atoms with Crippen LogP contribution < -0.4 is 5.76 Å². The van der Waals surface area contributed by atoms with Crippen LogP contribution in [-0.4, -0.2) is 30.0 Å². The summed E-state index contributed by atoms with van der Waals surface area (Å²) in [6.45, 7) is 1.65. The molecular formula is C13H15N3O2. The SMILES string of the molecule is CN(CCC#N)CCc1ccc2[nH]c(=O)oc2c1. The minimum Gasteiger partial charge on any atom is -0.408 e. The number of likely N-dealkylation sites (N-methyl/N-ethyl adjacent to an activating group) is 1. The largest absolute Gasteiger partial charge is 0.417 e. The van der Waals surface area contributed by atoms with Crippen molar-refractivity contribution in [3.05, 3.63) is 34.3 Å². The minimum absolute atomic E-state index is 0.423. The van der Waals surface area contributed by atoms with Crippen LogP contribution >= 0.6 is 0 Å². The maximum Gasteiger partial charge on any atom is 0.417 e. The number of H-pyrrole nitrogens is 1. The molecule has 1 heterocycles. The van der Waals surface area contributed by atoms with E-state index in [1.54, 1.807) is 0 Å². The highest BCUT2D eigenvalue weighted by Gasteiger charge is 2.03. The lowest BCUT2D eigenvalue weighted by Crippen LogP contribution is -2.22. The Morgan fingerprint density at radius 3 is 3.06 bits per heavy atom. The summed E-state index contributed by atoms with van der Waals surface area (Å²) in [4.78, 5) is 15.7. The molecule has 94 valence electrons. The molecule has 0 fully saturated rings. The van der Waals surface area contributed by atoms with Crippen LogP contribution in [0.3, 0.4) is 0 Å². The number of benzene rings is 1. The van der Waals surface area contributed by atoms with Crippen molar-refractivity contribution < 1.29 is 4.42 Å². The molecule has 0 radical (unpaired) electrons. The van der Waals surface area contributed by atoms with Crippen molar-refractivity contribution in [2.24, 2.45) is 0 Å². The maximum absolute atomic E-state index is 11.0. The second-order valence-electron chi connectivity index (χ2n) is 4.31. The Bertz CT molecular complexity index is 621. The predicted octanol–water partition coefficient (Wildman–Crippen LogP) is 1.51. The quantitative estimate of drug-likeness (QED) is 0.866. The third-order valence-corrected chi connectivity index (χ3v) is 2.87. The summed E-state index contributed by atoms with van der Waals surface area (Å²) in [7, 11) is 1.99. The number of hydrogen-bond acceptors (Lipinski definition) is 4. The van der Waals surface area contributed by atoms with E-state index in [-0.39, 0.29) is 0 Å². The highest BCUT2D eigenvalue weighted by atomic mass is 16.4. The Morgan fingerprint density at radius 2 is 2.28 bits per heavy atom. The fourth-order valence-corrected chi connectivity index (χ4v) is 1.82. The first-order chi connectivity index (χ1) is 8.69. The number of rotatable bonds is 5. The second kappa shape index (κ2) is 5.52. The Hall–Kier alpha value is -2.06. The van der Waals surface area contributed by atoms with E-state index in [0.717, 1.165) is 30.6 Å². The van der Waals surface area contributed by atoms with Gasteiger partial charge in [-0.15, -0.1) is 0 Å². The molecule has 0 aliphatic rings. The van der Waals surface area contributed by atoms with E-state index < -0.39 is 5.76 Å². The molecule has 1 aromatic heterocycles. The summed E-state index contributed by atoms with van der Waals surface area (Å²) in [5.74, 6) is -0.423. The highest BCUT2D eigenvalue weighted by Crippen LogP contribution is 2.12. The van der Waals surface area contributed by atoms with Gasteiger partial charge in [0.05, 0.1) is 11.6 Å². The third kappa shape index (κ3) is 2.99. The number of aromatic amines is 1. The van der Waals surface area contributed by atoms with Crippen molar-refractivity contribution >= 4 is 11.1 Å². The van der Waals surface area contributed by atoms with Gasteiger partial charge in [-0.05, 0) is 31.2 Å². The number of nitrogens with one attached hydrogen (secondary N) is 1. The average molecular weight is 245 g/mol. The molecule has 0 amide bonds. The van der Waals surface area contributed by atoms with Gasteiger partial charge in [0.25, 0.3) is 0 Å². The summed E-state index contributed by atoms with van der Waals surface area (Å²) in [6, 6.07) is 7.84. The molecule has 0 saturated carbocycles. The maximum atomic E-state index is 11.0. The molecule has 1 N–H and O–H groups in total. The number of aromatic nitrogens is 1. The highest BCUT2D eigenvalue weighted by molar-refractivity contribution is 5.72. The lowest BCUT2D eigenvalue weighted by Gasteiger charge is -2.14. The Kier molecular flexibility index (Phi) is 3.80. The molecule has 0 saturated heterocycles. The van der Waals surface area contributed by atoms with Crippen LogP contribution in [0.15, 0.2) is 27.4 Å². The monoisotopic (exact) mass is 245 g/mol. The van der Waals surface area contributed by atoms with Crippen molar-refractivity contribution in [3.63, 3.8) is 0 Å². The van der Waals surface area contributed by atoms with Crippen LogP contribution in [0.5, 0.6) is 0 Å². The lowest BCUT2D eigenvalue weighted by molar-refractivity contribution is 0.346. The molecule has 0 spiro atoms. The number of nitriles is 1. The molecule has 18 heavy (non-hydrogen) atoms. The number of hydrogen-bond donors (Lipinski definition) is 1. The van der Waals surface area contributed by atoms with Crippen LogP contribution in [0.25, 0.3) is 11.1 Å². The lowest BCUT2D eigenvalue weighted by atomic mass is 10.1. The van der Waals surface area contributed by atoms with Crippen molar-refractivity contribution in [1.29, 1.82) is 5.26 Å².